The molecule has 7 nitrogen and oxygen atoms in total. The van der Waals surface area contributed by atoms with Gasteiger partial charge in [0, 0.05) is 17.8 Å². The quantitative estimate of drug-likeness (QED) is 0.693. The lowest BCUT2D eigenvalue weighted by Crippen LogP contribution is -2.38. The number of carbonyl (C=O) groups excluding carboxylic acids is 2. The van der Waals surface area contributed by atoms with Crippen molar-refractivity contribution in [3.05, 3.63) is 47.5 Å². The van der Waals surface area contributed by atoms with Crippen LogP contribution in [-0.2, 0) is 9.53 Å². The number of rotatable bonds is 6. The summed E-state index contributed by atoms with van der Waals surface area (Å²) in [6, 6.07) is 10.7. The van der Waals surface area contributed by atoms with Crippen LogP contribution in [0.25, 0.3) is 0 Å². The zero-order valence-electron chi connectivity index (χ0n) is 17.1. The third-order valence-electron chi connectivity index (χ3n) is 4.97. The van der Waals surface area contributed by atoms with E-state index in [0.29, 0.717) is 48.1 Å². The molecule has 0 radical (unpaired) electrons. The van der Waals surface area contributed by atoms with Crippen molar-refractivity contribution in [3.8, 4) is 17.2 Å². The van der Waals surface area contributed by atoms with Crippen LogP contribution in [0.5, 0.6) is 17.2 Å². The van der Waals surface area contributed by atoms with Gasteiger partial charge in [0.2, 0.25) is 5.75 Å². The molecule has 154 valence electrons. The van der Waals surface area contributed by atoms with E-state index in [9.17, 15) is 9.59 Å². The Balaban J connectivity index is 2.00. The molecule has 7 heteroatoms. The highest BCUT2D eigenvalue weighted by Crippen LogP contribution is 2.40. The fourth-order valence-corrected chi connectivity index (χ4v) is 3.62. The molecule has 0 fully saturated rings. The minimum atomic E-state index is -0.380. The molecule has 0 spiro atoms. The number of nitrogens with zero attached hydrogens (tertiary/aromatic N) is 1. The van der Waals surface area contributed by atoms with E-state index in [4.69, 9.17) is 18.9 Å². The summed E-state index contributed by atoms with van der Waals surface area (Å²) >= 11 is 0. The van der Waals surface area contributed by atoms with E-state index in [2.05, 4.69) is 0 Å². The van der Waals surface area contributed by atoms with Crippen LogP contribution in [0.15, 0.2) is 36.4 Å². The molecule has 2 aromatic carbocycles. The highest BCUT2D eigenvalue weighted by atomic mass is 16.5. The maximum Gasteiger partial charge on any atom is 0.313 e. The number of hydrogen-bond donors (Lipinski definition) is 0. The number of fused-ring (bicyclic) bond motifs is 1. The van der Waals surface area contributed by atoms with Gasteiger partial charge in [0.25, 0.3) is 5.91 Å². The summed E-state index contributed by atoms with van der Waals surface area (Å²) in [4.78, 5) is 27.4. The molecule has 0 aliphatic carbocycles. The topological polar surface area (TPSA) is 74.3 Å². The van der Waals surface area contributed by atoms with E-state index in [1.165, 1.54) is 21.3 Å². The maximum atomic E-state index is 13.4. The Hall–Kier alpha value is -3.22. The summed E-state index contributed by atoms with van der Waals surface area (Å²) in [5, 5.41) is 0. The van der Waals surface area contributed by atoms with E-state index < -0.39 is 0 Å². The lowest BCUT2D eigenvalue weighted by Gasteiger charge is -2.33. The van der Waals surface area contributed by atoms with Crippen LogP contribution in [0.2, 0.25) is 0 Å². The van der Waals surface area contributed by atoms with E-state index in [1.54, 1.807) is 24.0 Å². The van der Waals surface area contributed by atoms with Crippen LogP contribution in [0, 0.1) is 0 Å². The normalized spacial score (nSPS) is 15.3. The maximum absolute atomic E-state index is 13.4. The average molecular weight is 399 g/mol. The Morgan fingerprint density at radius 1 is 1.03 bits per heavy atom. The Morgan fingerprint density at radius 2 is 1.69 bits per heavy atom. The highest BCUT2D eigenvalue weighted by molar-refractivity contribution is 6.08. The molecule has 0 N–H and O–H groups in total. The van der Waals surface area contributed by atoms with E-state index >= 15 is 0 Å². The first-order valence-electron chi connectivity index (χ1n) is 9.43. The molecule has 29 heavy (non-hydrogen) atoms. The minimum Gasteiger partial charge on any atom is -0.493 e. The minimum absolute atomic E-state index is 0.209. The Labute approximate surface area is 170 Å². The third-order valence-corrected chi connectivity index (χ3v) is 4.97. The van der Waals surface area contributed by atoms with Crippen molar-refractivity contribution >= 4 is 17.6 Å². The molecular formula is C22H25NO6. The predicted octanol–water partition coefficient (Wildman–Crippen LogP) is 3.41. The first-order valence-corrected chi connectivity index (χ1v) is 9.43. The summed E-state index contributed by atoms with van der Waals surface area (Å²) in [6.45, 7) is 2.51. The van der Waals surface area contributed by atoms with E-state index in [0.717, 1.165) is 5.56 Å². The molecule has 0 bridgehead atoms. The average Bonchev–Trinajstić information content (AvgIpc) is 2.76. The van der Waals surface area contributed by atoms with Crippen LogP contribution in [0.4, 0.5) is 5.69 Å². The number of anilines is 1. The Kier molecular flexibility index (Phi) is 6.26. The highest BCUT2D eigenvalue weighted by Gasteiger charge is 2.34. The largest absolute Gasteiger partial charge is 0.493 e. The van der Waals surface area contributed by atoms with Gasteiger partial charge in [-0.2, -0.15) is 0 Å². The molecule has 2 aromatic rings. The van der Waals surface area contributed by atoms with Crippen molar-refractivity contribution in [3.63, 3.8) is 0 Å². The molecule has 0 saturated heterocycles. The van der Waals surface area contributed by atoms with Gasteiger partial charge < -0.3 is 23.8 Å². The second-order valence-electron chi connectivity index (χ2n) is 6.52. The van der Waals surface area contributed by atoms with Gasteiger partial charge in [-0.15, -0.1) is 0 Å². The Bertz CT molecular complexity index is 885. The van der Waals surface area contributed by atoms with Gasteiger partial charge in [0.15, 0.2) is 11.5 Å². The van der Waals surface area contributed by atoms with E-state index in [1.807, 2.05) is 24.3 Å². The van der Waals surface area contributed by atoms with Crippen molar-refractivity contribution in [1.82, 2.24) is 0 Å². The summed E-state index contributed by atoms with van der Waals surface area (Å²) in [5.74, 6) is 0.386. The standard InChI is InChI=1S/C22H25NO6/c1-5-29-22(25)16-10-11-23(17-9-7-6-8-15(16)17)21(24)14-12-18(26-2)20(28-4)19(13-14)27-3/h6-9,12-13,16H,5,10-11H2,1-4H3. The smallest absolute Gasteiger partial charge is 0.313 e. The molecule has 1 heterocycles. The van der Waals surface area contributed by atoms with Gasteiger partial charge >= 0.3 is 5.97 Å². The fraction of sp³-hybridized carbons (Fsp3) is 0.364. The lowest BCUT2D eigenvalue weighted by molar-refractivity contribution is -0.145. The molecule has 1 aliphatic heterocycles. The zero-order chi connectivity index (χ0) is 21.0. The predicted molar refractivity (Wildman–Crippen MR) is 108 cm³/mol. The number of benzene rings is 2. The van der Waals surface area contributed by atoms with Crippen molar-refractivity contribution < 1.29 is 28.5 Å². The van der Waals surface area contributed by atoms with Crippen LogP contribution < -0.4 is 19.1 Å². The van der Waals surface area contributed by atoms with Crippen molar-refractivity contribution in [2.75, 3.05) is 39.4 Å². The lowest BCUT2D eigenvalue weighted by atomic mass is 9.89. The van der Waals surface area contributed by atoms with Gasteiger partial charge in [-0.1, -0.05) is 18.2 Å². The molecule has 1 amide bonds. The SMILES string of the molecule is CCOC(=O)C1CCN(C(=O)c2cc(OC)c(OC)c(OC)c2)c2ccccc21. The van der Waals surface area contributed by atoms with Crippen LogP contribution in [0.1, 0.15) is 35.2 Å². The number of para-hydroxylation sites is 1. The summed E-state index contributed by atoms with van der Waals surface area (Å²) in [6.07, 6.45) is 0.492. The van der Waals surface area contributed by atoms with Gasteiger partial charge in [-0.05, 0) is 37.1 Å². The first kappa shape index (κ1) is 20.5. The molecule has 1 atom stereocenters. The molecule has 1 aliphatic rings. The summed E-state index contributed by atoms with van der Waals surface area (Å²) in [5.41, 5.74) is 1.90. The number of hydrogen-bond acceptors (Lipinski definition) is 6. The second kappa shape index (κ2) is 8.86. The molecule has 0 saturated carbocycles. The van der Waals surface area contributed by atoms with Crippen molar-refractivity contribution in [2.24, 2.45) is 0 Å². The number of amides is 1. The van der Waals surface area contributed by atoms with Crippen LogP contribution in [0.3, 0.4) is 0 Å². The van der Waals surface area contributed by atoms with Gasteiger partial charge in [-0.25, -0.2) is 0 Å². The molecule has 0 aromatic heterocycles. The zero-order valence-corrected chi connectivity index (χ0v) is 17.1. The van der Waals surface area contributed by atoms with E-state index in [-0.39, 0.29) is 17.8 Å². The molecule has 1 unspecified atom stereocenters. The van der Waals surface area contributed by atoms with Crippen molar-refractivity contribution in [2.45, 2.75) is 19.3 Å². The Morgan fingerprint density at radius 3 is 2.28 bits per heavy atom. The second-order valence-corrected chi connectivity index (χ2v) is 6.52. The van der Waals surface area contributed by atoms with Gasteiger partial charge in [0.1, 0.15) is 0 Å². The first-order chi connectivity index (χ1) is 14.0. The number of carbonyl (C=O) groups is 2. The number of ether oxygens (including phenoxy) is 4. The summed E-state index contributed by atoms with van der Waals surface area (Å²) < 4.78 is 21.3. The number of methoxy groups -OCH3 is 3. The monoisotopic (exact) mass is 399 g/mol. The van der Waals surface area contributed by atoms with Crippen LogP contribution in [-0.4, -0.2) is 46.4 Å². The fourth-order valence-electron chi connectivity index (χ4n) is 3.62. The molecule has 3 rings (SSSR count). The summed E-state index contributed by atoms with van der Waals surface area (Å²) in [7, 11) is 4.52. The van der Waals surface area contributed by atoms with Crippen molar-refractivity contribution in [1.29, 1.82) is 0 Å². The van der Waals surface area contributed by atoms with Gasteiger partial charge in [0.05, 0.1) is 33.9 Å². The third kappa shape index (κ3) is 3.85. The van der Waals surface area contributed by atoms with Crippen LogP contribution >= 0.6 is 0 Å². The van der Waals surface area contributed by atoms with Gasteiger partial charge in [-0.3, -0.25) is 9.59 Å². The molecular weight excluding hydrogens is 374 g/mol. The number of esters is 1.